The molecule has 3 N–H and O–H groups in total. The van der Waals surface area contributed by atoms with Crippen LogP contribution in [0.25, 0.3) is 21.3 Å². The minimum atomic E-state index is -2.16. The standard InChI is InChI=1S/C27H28F3N3O4S/c1-7-31-25(34)17-10-15-16(11-33(6)26(35)20(15)32-17)22-21(19(29)23(38-22)27(4,5)36)37-24(30)18-12(2)8-14(28)9-13(18)3/h8-11,24,32,36H,7H2,1-6H3,(H,31,34). The summed E-state index contributed by atoms with van der Waals surface area (Å²) in [6.07, 6.45) is -0.721. The van der Waals surface area contributed by atoms with Crippen molar-refractivity contribution in [3.8, 4) is 16.2 Å². The Morgan fingerprint density at radius 1 is 1.24 bits per heavy atom. The Morgan fingerprint density at radius 3 is 2.45 bits per heavy atom. The van der Waals surface area contributed by atoms with Gasteiger partial charge >= 0.3 is 0 Å². The monoisotopic (exact) mass is 547 g/mol. The molecule has 7 nitrogen and oxygen atoms in total. The number of benzene rings is 1. The largest absolute Gasteiger partial charge is 0.451 e. The van der Waals surface area contributed by atoms with Gasteiger partial charge in [-0.25, -0.2) is 8.78 Å². The topological polar surface area (TPSA) is 96.3 Å². The lowest BCUT2D eigenvalue weighted by Gasteiger charge is -2.18. The Balaban J connectivity index is 1.96. The summed E-state index contributed by atoms with van der Waals surface area (Å²) >= 11 is 0.845. The number of nitrogens with zero attached hydrogens (tertiary/aromatic N) is 1. The van der Waals surface area contributed by atoms with E-state index in [1.54, 1.807) is 6.92 Å². The number of aryl methyl sites for hydroxylation is 3. The number of carbonyl (C=O) groups is 1. The third kappa shape index (κ3) is 4.83. The Labute approximate surface area is 220 Å². The fraction of sp³-hybridized carbons (Fsp3) is 0.333. The molecule has 4 aromatic rings. The predicted octanol–water partition coefficient (Wildman–Crippen LogP) is 5.51. The molecule has 0 fully saturated rings. The molecule has 38 heavy (non-hydrogen) atoms. The van der Waals surface area contributed by atoms with Crippen molar-refractivity contribution in [1.29, 1.82) is 0 Å². The van der Waals surface area contributed by atoms with E-state index < -0.39 is 40.8 Å². The summed E-state index contributed by atoms with van der Waals surface area (Å²) in [6.45, 7) is 7.93. The van der Waals surface area contributed by atoms with E-state index in [0.29, 0.717) is 17.5 Å². The fourth-order valence-electron chi connectivity index (χ4n) is 4.41. The highest BCUT2D eigenvalue weighted by Crippen LogP contribution is 2.48. The van der Waals surface area contributed by atoms with Crippen LogP contribution in [0.15, 0.2) is 29.2 Å². The number of nitrogens with one attached hydrogen (secondary N) is 2. The molecule has 0 bridgehead atoms. The van der Waals surface area contributed by atoms with Gasteiger partial charge in [-0.2, -0.15) is 4.39 Å². The Bertz CT molecular complexity index is 1590. The van der Waals surface area contributed by atoms with E-state index in [1.165, 1.54) is 51.6 Å². The number of hydrogen-bond donors (Lipinski definition) is 3. The maximum Gasteiger partial charge on any atom is 0.274 e. The lowest BCUT2D eigenvalue weighted by molar-refractivity contribution is 0.0581. The summed E-state index contributed by atoms with van der Waals surface area (Å²) in [4.78, 5) is 28.1. The quantitative estimate of drug-likeness (QED) is 0.284. The van der Waals surface area contributed by atoms with Crippen LogP contribution in [0.3, 0.4) is 0 Å². The molecule has 0 aliphatic rings. The highest BCUT2D eigenvalue weighted by molar-refractivity contribution is 7.16. The van der Waals surface area contributed by atoms with Crippen molar-refractivity contribution < 1.29 is 27.8 Å². The zero-order valence-electron chi connectivity index (χ0n) is 21.8. The first-order valence-electron chi connectivity index (χ1n) is 11.9. The molecular formula is C27H28F3N3O4S. The number of carbonyl (C=O) groups excluding carboxylic acids is 1. The van der Waals surface area contributed by atoms with Crippen LogP contribution >= 0.6 is 11.3 Å². The van der Waals surface area contributed by atoms with Gasteiger partial charge in [-0.1, -0.05) is 0 Å². The van der Waals surface area contributed by atoms with Crippen LogP contribution < -0.4 is 15.6 Å². The Hall–Kier alpha value is -3.57. The van der Waals surface area contributed by atoms with Gasteiger partial charge in [0.05, 0.1) is 15.4 Å². The minimum absolute atomic E-state index is 0.0542. The SMILES string of the molecule is CCNC(=O)c1cc2c(-c3sc(C(C)(C)O)c(F)c3OC(F)c3c(C)cc(F)cc3C)cn(C)c(=O)c2[nH]1. The number of fused-ring (bicyclic) bond motifs is 1. The first-order valence-corrected chi connectivity index (χ1v) is 12.7. The van der Waals surface area contributed by atoms with Crippen LogP contribution in [0, 0.1) is 25.5 Å². The number of thiophene rings is 1. The number of H-pyrrole nitrogens is 1. The van der Waals surface area contributed by atoms with Crippen LogP contribution in [0.4, 0.5) is 13.2 Å². The zero-order valence-corrected chi connectivity index (χ0v) is 22.6. The van der Waals surface area contributed by atoms with Gasteiger partial charge in [-0.3, -0.25) is 9.59 Å². The second kappa shape index (κ2) is 9.95. The molecule has 1 aromatic carbocycles. The van der Waals surface area contributed by atoms with Gasteiger partial charge in [0.2, 0.25) is 0 Å². The van der Waals surface area contributed by atoms with Crippen LogP contribution in [-0.2, 0) is 12.6 Å². The van der Waals surface area contributed by atoms with Crippen molar-refractivity contribution in [1.82, 2.24) is 14.9 Å². The Kier molecular flexibility index (Phi) is 7.19. The first kappa shape index (κ1) is 27.5. The molecular weight excluding hydrogens is 519 g/mol. The summed E-state index contributed by atoms with van der Waals surface area (Å²) in [6, 6.07) is 3.78. The minimum Gasteiger partial charge on any atom is -0.451 e. The van der Waals surface area contributed by atoms with E-state index in [9.17, 15) is 19.1 Å². The Morgan fingerprint density at radius 2 is 1.87 bits per heavy atom. The van der Waals surface area contributed by atoms with Crippen molar-refractivity contribution in [3.05, 3.63) is 73.6 Å². The third-order valence-corrected chi connectivity index (χ3v) is 7.66. The highest BCUT2D eigenvalue weighted by Gasteiger charge is 2.33. The summed E-state index contributed by atoms with van der Waals surface area (Å²) in [5, 5.41) is 13.6. The van der Waals surface area contributed by atoms with Crippen molar-refractivity contribution in [3.63, 3.8) is 0 Å². The lowest BCUT2D eigenvalue weighted by Crippen LogP contribution is -2.23. The summed E-state index contributed by atoms with van der Waals surface area (Å²) in [5.41, 5.74) is -0.924. The number of ether oxygens (including phenoxy) is 1. The molecule has 0 saturated carbocycles. The van der Waals surface area contributed by atoms with E-state index in [1.807, 2.05) is 0 Å². The smallest absolute Gasteiger partial charge is 0.274 e. The number of aromatic nitrogens is 2. The highest BCUT2D eigenvalue weighted by atomic mass is 32.1. The maximum atomic E-state index is 15.8. The molecule has 202 valence electrons. The molecule has 0 radical (unpaired) electrons. The number of hydrogen-bond acceptors (Lipinski definition) is 5. The van der Waals surface area contributed by atoms with Gasteiger partial charge in [-0.05, 0) is 63.9 Å². The molecule has 0 saturated heterocycles. The number of amides is 1. The number of halogens is 3. The van der Waals surface area contributed by atoms with Crippen molar-refractivity contribution >= 4 is 28.1 Å². The lowest BCUT2D eigenvalue weighted by atomic mass is 10.0. The molecule has 3 heterocycles. The molecule has 11 heteroatoms. The molecule has 0 aliphatic carbocycles. The molecule has 1 amide bonds. The van der Waals surface area contributed by atoms with Gasteiger partial charge in [0, 0.05) is 36.3 Å². The first-order chi connectivity index (χ1) is 17.7. The van der Waals surface area contributed by atoms with Crippen molar-refractivity contribution in [2.75, 3.05) is 6.54 Å². The molecule has 3 aromatic heterocycles. The van der Waals surface area contributed by atoms with Gasteiger partial charge < -0.3 is 24.7 Å². The fourth-order valence-corrected chi connectivity index (χ4v) is 5.55. The van der Waals surface area contributed by atoms with Crippen LogP contribution in [0.1, 0.15) is 59.2 Å². The molecule has 4 rings (SSSR count). The van der Waals surface area contributed by atoms with Gasteiger partial charge in [-0.15, -0.1) is 11.3 Å². The number of aromatic amines is 1. The number of aliphatic hydroxyl groups is 1. The van der Waals surface area contributed by atoms with Gasteiger partial charge in [0.25, 0.3) is 17.8 Å². The van der Waals surface area contributed by atoms with Crippen molar-refractivity contribution in [2.24, 2.45) is 7.05 Å². The molecule has 1 unspecified atom stereocenters. The predicted molar refractivity (Wildman–Crippen MR) is 140 cm³/mol. The average Bonchev–Trinajstić information content (AvgIpc) is 3.38. The normalized spacial score (nSPS) is 12.7. The molecule has 1 atom stereocenters. The number of pyridine rings is 1. The molecule has 0 spiro atoms. The second-order valence-electron chi connectivity index (χ2n) is 9.64. The van der Waals surface area contributed by atoms with Crippen LogP contribution in [0.2, 0.25) is 0 Å². The van der Waals surface area contributed by atoms with Crippen molar-refractivity contribution in [2.45, 2.75) is 46.6 Å². The summed E-state index contributed by atoms with van der Waals surface area (Å²) in [5.74, 6) is -2.40. The molecule has 0 aliphatic heterocycles. The zero-order chi connectivity index (χ0) is 28.1. The number of alkyl halides is 1. The van der Waals surface area contributed by atoms with Gasteiger partial charge in [0.1, 0.15) is 17.0 Å². The van der Waals surface area contributed by atoms with Gasteiger partial charge in [0.15, 0.2) is 11.6 Å². The number of rotatable bonds is 7. The maximum absolute atomic E-state index is 15.8. The van der Waals surface area contributed by atoms with E-state index in [4.69, 9.17) is 4.74 Å². The van der Waals surface area contributed by atoms with E-state index >= 15 is 8.78 Å². The average molecular weight is 548 g/mol. The summed E-state index contributed by atoms with van der Waals surface area (Å²) < 4.78 is 52.0. The summed E-state index contributed by atoms with van der Waals surface area (Å²) in [7, 11) is 1.49. The van der Waals surface area contributed by atoms with Crippen LogP contribution in [0.5, 0.6) is 5.75 Å². The van der Waals surface area contributed by atoms with E-state index in [0.717, 1.165) is 23.5 Å². The second-order valence-corrected chi connectivity index (χ2v) is 10.7. The van der Waals surface area contributed by atoms with Crippen LogP contribution in [-0.4, -0.2) is 27.1 Å². The van der Waals surface area contributed by atoms with E-state index in [2.05, 4.69) is 10.3 Å². The third-order valence-electron chi connectivity index (χ3n) is 6.16. The van der Waals surface area contributed by atoms with E-state index in [-0.39, 0.29) is 37.7 Å².